The van der Waals surface area contributed by atoms with Crippen LogP contribution in [0.25, 0.3) is 0 Å². The number of hydrogen-bond acceptors (Lipinski definition) is 4. The highest BCUT2D eigenvalue weighted by molar-refractivity contribution is 5.50. The first-order chi connectivity index (χ1) is 12.1. The van der Waals surface area contributed by atoms with Crippen molar-refractivity contribution < 1.29 is 14.8 Å². The van der Waals surface area contributed by atoms with Crippen molar-refractivity contribution in [2.75, 3.05) is 0 Å². The van der Waals surface area contributed by atoms with Crippen LogP contribution in [0.3, 0.4) is 0 Å². The van der Waals surface area contributed by atoms with Crippen molar-refractivity contribution >= 4 is 6.29 Å². The Kier molecular flexibility index (Phi) is 15.6. The van der Waals surface area contributed by atoms with Crippen LogP contribution in [0, 0.1) is 10.1 Å². The maximum Gasteiger partial charge on any atom is 0.283 e. The molecule has 5 heteroatoms. The Morgan fingerprint density at radius 3 is 2.24 bits per heavy atom. The summed E-state index contributed by atoms with van der Waals surface area (Å²) in [5.41, 5.74) is -0.0180. The second-order valence-corrected chi connectivity index (χ2v) is 6.07. The number of hydrogen-bond donors (Lipinski definition) is 1. The number of nitrogens with zero attached hydrogens (tertiary/aromatic N) is 1. The van der Waals surface area contributed by atoms with Crippen LogP contribution in [0.15, 0.2) is 35.8 Å². The molecule has 5 nitrogen and oxygen atoms in total. The van der Waals surface area contributed by atoms with Gasteiger partial charge in [0.1, 0.15) is 0 Å². The molecule has 0 saturated heterocycles. The van der Waals surface area contributed by atoms with E-state index in [9.17, 15) is 20.0 Å². The van der Waals surface area contributed by atoms with Gasteiger partial charge in [-0.15, -0.1) is 0 Å². The number of rotatable bonds is 16. The highest BCUT2D eigenvalue weighted by Gasteiger charge is 2.17. The van der Waals surface area contributed by atoms with Crippen molar-refractivity contribution in [1.82, 2.24) is 0 Å². The molecule has 0 aromatic rings. The first kappa shape index (κ1) is 23.1. The number of nitro groups is 1. The molecule has 0 rings (SSSR count). The number of aliphatic hydroxyl groups is 1. The van der Waals surface area contributed by atoms with Crippen LogP contribution in [0.2, 0.25) is 0 Å². The molecule has 0 amide bonds. The molecule has 0 bridgehead atoms. The molecule has 0 unspecified atom stereocenters. The van der Waals surface area contributed by atoms with Gasteiger partial charge in [0.2, 0.25) is 0 Å². The standard InChI is InChI=1S/C20H32NO4/c1-2-3-13-17-20(23)19(21(24)25)16-14-11-9-7-5-4-6-8-10-12-15-18-22/h5-8,23H,2-4,9-17H2,1H3/b7-5-,8-6-,20-19-. The minimum atomic E-state index is -0.440. The lowest BCUT2D eigenvalue weighted by atomic mass is 10.1. The summed E-state index contributed by atoms with van der Waals surface area (Å²) in [6.45, 7) is 2.06. The van der Waals surface area contributed by atoms with Crippen LogP contribution in [0.5, 0.6) is 0 Å². The Balaban J connectivity index is 3.91. The van der Waals surface area contributed by atoms with Crippen molar-refractivity contribution in [3.63, 3.8) is 0 Å². The van der Waals surface area contributed by atoms with Crippen molar-refractivity contribution in [1.29, 1.82) is 0 Å². The lowest BCUT2D eigenvalue weighted by Crippen LogP contribution is -2.04. The average Bonchev–Trinajstić information content (AvgIpc) is 2.58. The first-order valence-corrected chi connectivity index (χ1v) is 9.33. The summed E-state index contributed by atoms with van der Waals surface area (Å²) in [4.78, 5) is 20.6. The highest BCUT2D eigenvalue weighted by Crippen LogP contribution is 2.17. The summed E-state index contributed by atoms with van der Waals surface area (Å²) in [5, 5.41) is 20.9. The Morgan fingerprint density at radius 1 is 1.00 bits per heavy atom. The fourth-order valence-electron chi connectivity index (χ4n) is 2.38. The normalized spacial score (nSPS) is 12.7. The van der Waals surface area contributed by atoms with Crippen molar-refractivity contribution in [3.05, 3.63) is 45.9 Å². The quantitative estimate of drug-likeness (QED) is 0.122. The summed E-state index contributed by atoms with van der Waals surface area (Å²) in [6, 6.07) is 0. The van der Waals surface area contributed by atoms with E-state index in [-0.39, 0.29) is 11.5 Å². The smallest absolute Gasteiger partial charge is 0.283 e. The van der Waals surface area contributed by atoms with E-state index in [1.807, 2.05) is 6.29 Å². The van der Waals surface area contributed by atoms with Crippen LogP contribution in [0.1, 0.15) is 84.0 Å². The summed E-state index contributed by atoms with van der Waals surface area (Å²) >= 11 is 0. The molecule has 0 heterocycles. The predicted octanol–water partition coefficient (Wildman–Crippen LogP) is 5.96. The molecule has 0 aliphatic rings. The largest absolute Gasteiger partial charge is 0.506 e. The summed E-state index contributed by atoms with van der Waals surface area (Å²) in [5.74, 6) is -0.0497. The van der Waals surface area contributed by atoms with Gasteiger partial charge in [0.25, 0.3) is 5.70 Å². The summed E-state index contributed by atoms with van der Waals surface area (Å²) in [6.07, 6.45) is 19.3. The molecular formula is C20H32NO4. The van der Waals surface area contributed by atoms with Crippen molar-refractivity contribution in [3.8, 4) is 0 Å². The van der Waals surface area contributed by atoms with E-state index in [2.05, 4.69) is 31.2 Å². The van der Waals surface area contributed by atoms with E-state index >= 15 is 0 Å². The molecule has 141 valence electrons. The minimum absolute atomic E-state index is 0.0180. The molecule has 0 aromatic carbocycles. The zero-order valence-electron chi connectivity index (χ0n) is 15.4. The van der Waals surface area contributed by atoms with Crippen LogP contribution >= 0.6 is 0 Å². The maximum atomic E-state index is 11.1. The van der Waals surface area contributed by atoms with E-state index in [0.717, 1.165) is 51.4 Å². The molecule has 1 N–H and O–H groups in total. The molecule has 0 saturated carbocycles. The Hall–Kier alpha value is -1.91. The van der Waals surface area contributed by atoms with Crippen LogP contribution in [-0.4, -0.2) is 16.3 Å². The Morgan fingerprint density at radius 2 is 1.64 bits per heavy atom. The molecule has 0 aromatic heterocycles. The zero-order valence-corrected chi connectivity index (χ0v) is 15.4. The van der Waals surface area contributed by atoms with Crippen molar-refractivity contribution in [2.45, 2.75) is 84.0 Å². The molecule has 0 spiro atoms. The second kappa shape index (κ2) is 16.9. The van der Waals surface area contributed by atoms with Crippen LogP contribution < -0.4 is 0 Å². The van der Waals surface area contributed by atoms with E-state index in [4.69, 9.17) is 0 Å². The second-order valence-electron chi connectivity index (χ2n) is 6.07. The Labute approximate surface area is 151 Å². The van der Waals surface area contributed by atoms with Gasteiger partial charge in [0.15, 0.2) is 12.0 Å². The molecule has 0 aliphatic carbocycles. The Bertz CT molecular complexity index is 453. The highest BCUT2D eigenvalue weighted by atomic mass is 16.6. The zero-order chi connectivity index (χ0) is 18.8. The third-order valence-electron chi connectivity index (χ3n) is 3.86. The maximum absolute atomic E-state index is 11.1. The number of aliphatic hydroxyl groups excluding tert-OH is 1. The van der Waals surface area contributed by atoms with Gasteiger partial charge >= 0.3 is 0 Å². The fourth-order valence-corrected chi connectivity index (χ4v) is 2.38. The average molecular weight is 350 g/mol. The number of allylic oxidation sites excluding steroid dienone is 6. The monoisotopic (exact) mass is 350 g/mol. The summed E-state index contributed by atoms with van der Waals surface area (Å²) in [7, 11) is 0. The number of carbonyl (C=O) groups excluding carboxylic acids is 1. The van der Waals surface area contributed by atoms with Gasteiger partial charge in [0.05, 0.1) is 4.92 Å². The van der Waals surface area contributed by atoms with Crippen molar-refractivity contribution in [2.24, 2.45) is 0 Å². The molecule has 25 heavy (non-hydrogen) atoms. The van der Waals surface area contributed by atoms with E-state index in [1.54, 1.807) is 0 Å². The third-order valence-corrected chi connectivity index (χ3v) is 3.86. The predicted molar refractivity (Wildman–Crippen MR) is 102 cm³/mol. The molecule has 0 fully saturated rings. The van der Waals surface area contributed by atoms with Crippen LogP contribution in [-0.2, 0) is 4.79 Å². The van der Waals surface area contributed by atoms with E-state index < -0.39 is 4.92 Å². The van der Waals surface area contributed by atoms with Gasteiger partial charge in [-0.25, -0.2) is 0 Å². The SMILES string of the molecule is CCCCC/C(O)=C(\CCCC/C=C\C/C=C\CCC[C]=O)[N+](=O)[O-]. The van der Waals surface area contributed by atoms with Gasteiger partial charge in [-0.1, -0.05) is 44.1 Å². The molecule has 0 aliphatic heterocycles. The third kappa shape index (κ3) is 14.2. The van der Waals surface area contributed by atoms with Gasteiger partial charge in [0, 0.05) is 19.3 Å². The van der Waals surface area contributed by atoms with Gasteiger partial charge in [-0.2, -0.15) is 0 Å². The number of unbranched alkanes of at least 4 members (excludes halogenated alkanes) is 6. The van der Waals surface area contributed by atoms with Gasteiger partial charge < -0.3 is 5.11 Å². The van der Waals surface area contributed by atoms with Gasteiger partial charge in [-0.05, 0) is 44.9 Å². The van der Waals surface area contributed by atoms with E-state index in [1.165, 1.54) is 0 Å². The lowest BCUT2D eigenvalue weighted by Gasteiger charge is -2.03. The molecular weight excluding hydrogens is 318 g/mol. The van der Waals surface area contributed by atoms with Gasteiger partial charge in [-0.3, -0.25) is 14.9 Å². The lowest BCUT2D eigenvalue weighted by molar-refractivity contribution is -0.431. The summed E-state index contributed by atoms with van der Waals surface area (Å²) < 4.78 is 0. The molecule has 1 radical (unpaired) electrons. The molecule has 0 atom stereocenters. The van der Waals surface area contributed by atoms with E-state index in [0.29, 0.717) is 25.7 Å². The first-order valence-electron chi connectivity index (χ1n) is 9.33. The minimum Gasteiger partial charge on any atom is -0.506 e. The topological polar surface area (TPSA) is 80.4 Å². The fraction of sp³-hybridized carbons (Fsp3) is 0.650. The van der Waals surface area contributed by atoms with Crippen LogP contribution in [0.4, 0.5) is 0 Å².